The standard InChI is InChI=1S/C23H26N4O2S/c1-26(2)19-11-12-27(14-19)18-9-7-17(8-10-18)24-22(28)21-15-30-23(25-21)16-5-4-6-20(13-16)29-3/h4-10,13,15,19H,11-12,14H2,1-3H3,(H,24,28). The highest BCUT2D eigenvalue weighted by Crippen LogP contribution is 2.28. The number of carbonyl (C=O) groups is 1. The molecule has 0 aliphatic carbocycles. The minimum Gasteiger partial charge on any atom is -0.497 e. The third-order valence-corrected chi connectivity index (χ3v) is 6.33. The maximum atomic E-state index is 12.6. The molecule has 2 heterocycles. The number of ether oxygens (including phenoxy) is 1. The monoisotopic (exact) mass is 422 g/mol. The quantitative estimate of drug-likeness (QED) is 0.645. The van der Waals surface area contributed by atoms with E-state index < -0.39 is 0 Å². The third-order valence-electron chi connectivity index (χ3n) is 5.44. The molecule has 1 atom stereocenters. The first-order valence-corrected chi connectivity index (χ1v) is 10.8. The maximum Gasteiger partial charge on any atom is 0.275 e. The Hall–Kier alpha value is -2.90. The normalized spacial score (nSPS) is 16.1. The zero-order valence-electron chi connectivity index (χ0n) is 17.5. The van der Waals surface area contributed by atoms with Gasteiger partial charge in [0.1, 0.15) is 16.5 Å². The van der Waals surface area contributed by atoms with Crippen LogP contribution in [0.1, 0.15) is 16.9 Å². The molecule has 1 N–H and O–H groups in total. The number of anilines is 2. The van der Waals surface area contributed by atoms with Gasteiger partial charge in [0, 0.05) is 41.4 Å². The minimum absolute atomic E-state index is 0.206. The number of methoxy groups -OCH3 is 1. The van der Waals surface area contributed by atoms with Crippen molar-refractivity contribution in [3.63, 3.8) is 0 Å². The molecule has 1 aliphatic heterocycles. The Balaban J connectivity index is 1.40. The lowest BCUT2D eigenvalue weighted by atomic mass is 10.2. The van der Waals surface area contributed by atoms with Gasteiger partial charge in [-0.15, -0.1) is 11.3 Å². The first-order valence-electron chi connectivity index (χ1n) is 9.96. The molecule has 4 rings (SSSR count). The summed E-state index contributed by atoms with van der Waals surface area (Å²) in [5.41, 5.74) is 3.30. The molecule has 156 valence electrons. The van der Waals surface area contributed by atoms with Crippen molar-refractivity contribution in [3.05, 3.63) is 59.6 Å². The summed E-state index contributed by atoms with van der Waals surface area (Å²) in [7, 11) is 5.89. The predicted molar refractivity (Wildman–Crippen MR) is 123 cm³/mol. The van der Waals surface area contributed by atoms with Crippen LogP contribution in [0.15, 0.2) is 53.9 Å². The van der Waals surface area contributed by atoms with Crippen molar-refractivity contribution in [2.24, 2.45) is 0 Å². The largest absolute Gasteiger partial charge is 0.497 e. The van der Waals surface area contributed by atoms with Crippen LogP contribution >= 0.6 is 11.3 Å². The highest BCUT2D eigenvalue weighted by atomic mass is 32.1. The second kappa shape index (κ2) is 8.85. The summed E-state index contributed by atoms with van der Waals surface area (Å²) in [4.78, 5) is 21.8. The summed E-state index contributed by atoms with van der Waals surface area (Å²) in [5, 5.41) is 5.52. The lowest BCUT2D eigenvalue weighted by Gasteiger charge is -2.22. The van der Waals surface area contributed by atoms with Gasteiger partial charge in [-0.25, -0.2) is 4.98 Å². The molecule has 7 heteroatoms. The lowest BCUT2D eigenvalue weighted by molar-refractivity contribution is 0.102. The second-order valence-electron chi connectivity index (χ2n) is 7.62. The minimum atomic E-state index is -0.206. The summed E-state index contributed by atoms with van der Waals surface area (Å²) in [6, 6.07) is 16.3. The van der Waals surface area contributed by atoms with Crippen molar-refractivity contribution >= 4 is 28.6 Å². The van der Waals surface area contributed by atoms with Crippen molar-refractivity contribution < 1.29 is 9.53 Å². The van der Waals surface area contributed by atoms with Gasteiger partial charge in [-0.3, -0.25) is 4.79 Å². The molecule has 0 saturated carbocycles. The van der Waals surface area contributed by atoms with E-state index in [1.165, 1.54) is 23.4 Å². The van der Waals surface area contributed by atoms with Gasteiger partial charge in [-0.05, 0) is 56.9 Å². The Kier molecular flexibility index (Phi) is 6.01. The van der Waals surface area contributed by atoms with Crippen molar-refractivity contribution in [3.8, 4) is 16.3 Å². The molecule has 2 aromatic carbocycles. The Morgan fingerprint density at radius 1 is 1.23 bits per heavy atom. The van der Waals surface area contributed by atoms with Crippen LogP contribution in [0.4, 0.5) is 11.4 Å². The zero-order chi connectivity index (χ0) is 21.1. The van der Waals surface area contributed by atoms with E-state index >= 15 is 0 Å². The van der Waals surface area contributed by atoms with Crippen molar-refractivity contribution in [1.82, 2.24) is 9.88 Å². The molecular formula is C23H26N4O2S. The number of aromatic nitrogens is 1. The highest BCUT2D eigenvalue weighted by Gasteiger charge is 2.24. The van der Waals surface area contributed by atoms with E-state index in [4.69, 9.17) is 4.74 Å². The van der Waals surface area contributed by atoms with Gasteiger partial charge in [0.25, 0.3) is 5.91 Å². The molecule has 1 amide bonds. The number of likely N-dealkylation sites (N-methyl/N-ethyl adjacent to an activating group) is 1. The molecule has 0 spiro atoms. The highest BCUT2D eigenvalue weighted by molar-refractivity contribution is 7.13. The number of hydrogen-bond donors (Lipinski definition) is 1. The van der Waals surface area contributed by atoms with E-state index in [9.17, 15) is 4.79 Å². The summed E-state index contributed by atoms with van der Waals surface area (Å²) >= 11 is 1.44. The number of nitrogens with one attached hydrogen (secondary N) is 1. The van der Waals surface area contributed by atoms with E-state index in [1.807, 2.05) is 36.4 Å². The van der Waals surface area contributed by atoms with Crippen LogP contribution < -0.4 is 15.0 Å². The van der Waals surface area contributed by atoms with Crippen molar-refractivity contribution in [2.75, 3.05) is 44.5 Å². The molecule has 30 heavy (non-hydrogen) atoms. The topological polar surface area (TPSA) is 57.7 Å². The molecule has 3 aromatic rings. The van der Waals surface area contributed by atoms with E-state index in [0.717, 1.165) is 35.1 Å². The fraction of sp³-hybridized carbons (Fsp3) is 0.304. The van der Waals surface area contributed by atoms with Gasteiger partial charge in [-0.2, -0.15) is 0 Å². The molecule has 0 bridgehead atoms. The third kappa shape index (κ3) is 4.47. The predicted octanol–water partition coefficient (Wildman–Crippen LogP) is 4.21. The zero-order valence-corrected chi connectivity index (χ0v) is 18.3. The Labute approximate surface area is 181 Å². The maximum absolute atomic E-state index is 12.6. The van der Waals surface area contributed by atoms with Crippen LogP contribution in [0, 0.1) is 0 Å². The van der Waals surface area contributed by atoms with E-state index in [1.54, 1.807) is 12.5 Å². The molecular weight excluding hydrogens is 396 g/mol. The van der Waals surface area contributed by atoms with Gasteiger partial charge >= 0.3 is 0 Å². The average Bonchev–Trinajstić information content (AvgIpc) is 3.45. The summed E-state index contributed by atoms with van der Waals surface area (Å²) in [6.45, 7) is 2.09. The Morgan fingerprint density at radius 2 is 2.03 bits per heavy atom. The number of nitrogens with zero attached hydrogens (tertiary/aromatic N) is 3. The molecule has 1 aromatic heterocycles. The van der Waals surface area contributed by atoms with Crippen LogP contribution in [0.3, 0.4) is 0 Å². The lowest BCUT2D eigenvalue weighted by Crippen LogP contribution is -2.31. The first-order chi connectivity index (χ1) is 14.5. The van der Waals surface area contributed by atoms with Gasteiger partial charge in [-0.1, -0.05) is 12.1 Å². The summed E-state index contributed by atoms with van der Waals surface area (Å²) < 4.78 is 5.27. The van der Waals surface area contributed by atoms with E-state index in [-0.39, 0.29) is 5.91 Å². The van der Waals surface area contributed by atoms with Crippen LogP contribution in [0.25, 0.3) is 10.6 Å². The molecule has 6 nitrogen and oxygen atoms in total. The van der Waals surface area contributed by atoms with Crippen LogP contribution in [0.5, 0.6) is 5.75 Å². The number of amides is 1. The summed E-state index contributed by atoms with van der Waals surface area (Å²) in [6.07, 6.45) is 1.17. The van der Waals surface area contributed by atoms with Gasteiger partial charge in [0.05, 0.1) is 7.11 Å². The van der Waals surface area contributed by atoms with E-state index in [2.05, 4.69) is 46.3 Å². The Morgan fingerprint density at radius 3 is 2.73 bits per heavy atom. The molecule has 1 unspecified atom stereocenters. The number of hydrogen-bond acceptors (Lipinski definition) is 6. The molecule has 1 fully saturated rings. The number of carbonyl (C=O) groups excluding carboxylic acids is 1. The van der Waals surface area contributed by atoms with Gasteiger partial charge < -0.3 is 19.9 Å². The fourth-order valence-electron chi connectivity index (χ4n) is 3.62. The van der Waals surface area contributed by atoms with Gasteiger partial charge in [0.15, 0.2) is 0 Å². The number of rotatable bonds is 6. The van der Waals surface area contributed by atoms with Crippen molar-refractivity contribution in [2.45, 2.75) is 12.5 Å². The SMILES string of the molecule is COc1cccc(-c2nc(C(=O)Nc3ccc(N4CCC(N(C)C)C4)cc3)cs2)c1. The van der Waals surface area contributed by atoms with Crippen LogP contribution in [-0.2, 0) is 0 Å². The van der Waals surface area contributed by atoms with Gasteiger partial charge in [0.2, 0.25) is 0 Å². The van der Waals surface area contributed by atoms with Crippen molar-refractivity contribution in [1.29, 1.82) is 0 Å². The number of benzene rings is 2. The van der Waals surface area contributed by atoms with E-state index in [0.29, 0.717) is 11.7 Å². The molecule has 0 radical (unpaired) electrons. The first kappa shape index (κ1) is 20.4. The number of thiazole rings is 1. The molecule has 1 aliphatic rings. The Bertz CT molecular complexity index is 1020. The van der Waals surface area contributed by atoms with Crippen LogP contribution in [-0.4, -0.2) is 56.1 Å². The smallest absolute Gasteiger partial charge is 0.275 e. The average molecular weight is 423 g/mol. The summed E-state index contributed by atoms with van der Waals surface area (Å²) in [5.74, 6) is 0.561. The molecule has 1 saturated heterocycles. The fourth-order valence-corrected chi connectivity index (χ4v) is 4.41. The second-order valence-corrected chi connectivity index (χ2v) is 8.48. The van der Waals surface area contributed by atoms with Crippen LogP contribution in [0.2, 0.25) is 0 Å².